The fourth-order valence-electron chi connectivity index (χ4n) is 5.63. The van der Waals surface area contributed by atoms with Crippen LogP contribution in [0, 0.1) is 0 Å². The molecule has 0 spiro atoms. The summed E-state index contributed by atoms with van der Waals surface area (Å²) in [5, 5.41) is 5.76. The highest BCUT2D eigenvalue weighted by Gasteiger charge is 2.41. The van der Waals surface area contributed by atoms with Crippen molar-refractivity contribution in [3.63, 3.8) is 0 Å². The van der Waals surface area contributed by atoms with Crippen LogP contribution in [0.5, 0.6) is 5.75 Å². The van der Waals surface area contributed by atoms with E-state index in [0.29, 0.717) is 37.6 Å². The maximum Gasteiger partial charge on any atom is 0.321 e. The Morgan fingerprint density at radius 2 is 1.53 bits per heavy atom. The molecule has 0 saturated carbocycles. The number of nitrogens with zero attached hydrogens (tertiary/aromatic N) is 4. The first kappa shape index (κ1) is 33.4. The Morgan fingerprint density at radius 1 is 0.837 bits per heavy atom. The quantitative estimate of drug-likeness (QED) is 0.174. The molecule has 1 atom stereocenters. The molecule has 5 aromatic rings. The molecule has 2 heterocycles. The average molecular weight is 679 g/mol. The number of piperazine rings is 1. The number of hydrogen-bond donors (Lipinski definition) is 2. The topological polar surface area (TPSA) is 126 Å². The van der Waals surface area contributed by atoms with E-state index in [4.69, 9.17) is 4.74 Å². The number of rotatable bonds is 12. The van der Waals surface area contributed by atoms with Gasteiger partial charge in [0.25, 0.3) is 0 Å². The molecule has 3 amide bonds. The second kappa shape index (κ2) is 15.6. The second-order valence-corrected chi connectivity index (χ2v) is 13.5. The van der Waals surface area contributed by atoms with Crippen molar-refractivity contribution < 1.29 is 22.7 Å². The third-order valence-electron chi connectivity index (χ3n) is 8.29. The van der Waals surface area contributed by atoms with E-state index in [1.807, 2.05) is 71.4 Å². The number of amides is 3. The zero-order valence-electron chi connectivity index (χ0n) is 26.9. The molecule has 1 fully saturated rings. The smallest absolute Gasteiger partial charge is 0.321 e. The molecule has 1 aliphatic heterocycles. The summed E-state index contributed by atoms with van der Waals surface area (Å²) in [6.45, 7) is 1.34. The predicted molar refractivity (Wildman–Crippen MR) is 187 cm³/mol. The number of anilines is 1. The van der Waals surface area contributed by atoms with Gasteiger partial charge in [0.1, 0.15) is 18.4 Å². The molecular formula is C37H38N6O5S. The number of imidazole rings is 1. The van der Waals surface area contributed by atoms with Crippen molar-refractivity contribution in [1.29, 1.82) is 0 Å². The molecular weight excluding hydrogens is 641 g/mol. The van der Waals surface area contributed by atoms with E-state index < -0.39 is 28.0 Å². The van der Waals surface area contributed by atoms with Gasteiger partial charge in [-0.1, -0.05) is 72.8 Å². The number of ether oxygens (including phenoxy) is 1. The Bertz CT molecular complexity index is 1920. The standard InChI is InChI=1S/C37H38N6O5S/c44-36(39-20-7-22-41-23-21-38-28-41)35-26-42(37(45)40-32-14-16-33(17-15-32)48-27-29-8-3-1-4-9-29)24-25-43(35)49(46,47)34-18-12-31(13-19-34)30-10-5-2-6-11-30/h1-6,8-19,21,23,28,35H,7,20,22,24-27H2,(H,39,44)(H,40,45). The van der Waals surface area contributed by atoms with E-state index in [9.17, 15) is 18.0 Å². The third kappa shape index (κ3) is 8.53. The van der Waals surface area contributed by atoms with Crippen LogP contribution in [0.2, 0.25) is 0 Å². The molecule has 0 radical (unpaired) electrons. The van der Waals surface area contributed by atoms with E-state index in [0.717, 1.165) is 16.7 Å². The van der Waals surface area contributed by atoms with Gasteiger partial charge in [0.05, 0.1) is 11.2 Å². The van der Waals surface area contributed by atoms with Gasteiger partial charge in [0.15, 0.2) is 0 Å². The van der Waals surface area contributed by atoms with Crippen molar-refractivity contribution >= 4 is 27.6 Å². The first-order valence-corrected chi connectivity index (χ1v) is 17.5. The number of urea groups is 1. The summed E-state index contributed by atoms with van der Waals surface area (Å²) in [7, 11) is -4.07. The van der Waals surface area contributed by atoms with E-state index in [1.165, 1.54) is 9.21 Å². The Kier molecular flexibility index (Phi) is 10.7. The number of hydrogen-bond acceptors (Lipinski definition) is 6. The minimum Gasteiger partial charge on any atom is -0.489 e. The number of benzene rings is 4. The summed E-state index contributed by atoms with van der Waals surface area (Å²) in [5.41, 5.74) is 3.44. The van der Waals surface area contributed by atoms with Gasteiger partial charge in [-0.15, -0.1) is 0 Å². The summed E-state index contributed by atoms with van der Waals surface area (Å²) >= 11 is 0. The lowest BCUT2D eigenvalue weighted by atomic mass is 10.1. The number of sulfonamides is 1. The molecule has 2 N–H and O–H groups in total. The van der Waals surface area contributed by atoms with Crippen molar-refractivity contribution in [3.8, 4) is 16.9 Å². The lowest BCUT2D eigenvalue weighted by molar-refractivity contribution is -0.126. The molecule has 49 heavy (non-hydrogen) atoms. The first-order chi connectivity index (χ1) is 23.9. The number of aryl methyl sites for hydroxylation is 1. The Labute approximate surface area is 286 Å². The monoisotopic (exact) mass is 678 g/mol. The number of aromatic nitrogens is 2. The highest BCUT2D eigenvalue weighted by molar-refractivity contribution is 7.89. The maximum atomic E-state index is 14.0. The SMILES string of the molecule is O=C(NCCCn1ccnc1)C1CN(C(=O)Nc2ccc(OCc3ccccc3)cc2)CCN1S(=O)(=O)c1ccc(-c2ccccc2)cc1. The van der Waals surface area contributed by atoms with Gasteiger partial charge < -0.3 is 24.8 Å². The van der Waals surface area contributed by atoms with E-state index in [1.54, 1.807) is 61.1 Å². The molecule has 1 saturated heterocycles. The van der Waals surface area contributed by atoms with Crippen molar-refractivity contribution in [1.82, 2.24) is 24.1 Å². The number of nitrogens with one attached hydrogen (secondary N) is 2. The van der Waals surface area contributed by atoms with Crippen LogP contribution < -0.4 is 15.4 Å². The van der Waals surface area contributed by atoms with Crippen LogP contribution in [0.4, 0.5) is 10.5 Å². The fourth-order valence-corrected chi connectivity index (χ4v) is 7.20. The molecule has 12 heteroatoms. The molecule has 11 nitrogen and oxygen atoms in total. The Morgan fingerprint density at radius 3 is 2.22 bits per heavy atom. The maximum absolute atomic E-state index is 14.0. The molecule has 1 unspecified atom stereocenters. The average Bonchev–Trinajstić information content (AvgIpc) is 3.67. The molecule has 252 valence electrons. The Hall–Kier alpha value is -5.46. The lowest BCUT2D eigenvalue weighted by Gasteiger charge is -2.39. The second-order valence-electron chi connectivity index (χ2n) is 11.6. The van der Waals surface area contributed by atoms with Crippen molar-refractivity contribution in [2.45, 2.75) is 30.5 Å². The van der Waals surface area contributed by atoms with Crippen LogP contribution in [0.1, 0.15) is 12.0 Å². The molecule has 1 aromatic heterocycles. The van der Waals surface area contributed by atoms with Gasteiger partial charge in [-0.05, 0) is 59.5 Å². The van der Waals surface area contributed by atoms with Crippen molar-refractivity contribution in [2.75, 3.05) is 31.5 Å². The normalized spacial score (nSPS) is 15.0. The summed E-state index contributed by atoms with van der Waals surface area (Å²) in [5.74, 6) is 0.190. The number of carbonyl (C=O) groups excluding carboxylic acids is 2. The van der Waals surface area contributed by atoms with Crippen LogP contribution in [0.3, 0.4) is 0 Å². The minimum absolute atomic E-state index is 0.0461. The summed E-state index contributed by atoms with van der Waals surface area (Å²) < 4.78 is 36.9. The largest absolute Gasteiger partial charge is 0.489 e. The molecule has 4 aromatic carbocycles. The molecule has 0 aliphatic carbocycles. The van der Waals surface area contributed by atoms with Gasteiger partial charge >= 0.3 is 6.03 Å². The molecule has 0 bridgehead atoms. The highest BCUT2D eigenvalue weighted by Crippen LogP contribution is 2.26. The zero-order chi connectivity index (χ0) is 34.1. The highest BCUT2D eigenvalue weighted by atomic mass is 32.2. The predicted octanol–water partition coefficient (Wildman–Crippen LogP) is 5.24. The van der Waals surface area contributed by atoms with Crippen molar-refractivity contribution in [3.05, 3.63) is 133 Å². The van der Waals surface area contributed by atoms with E-state index in [2.05, 4.69) is 15.6 Å². The minimum atomic E-state index is -4.07. The van der Waals surface area contributed by atoms with Crippen molar-refractivity contribution in [2.24, 2.45) is 0 Å². The van der Waals surface area contributed by atoms with Gasteiger partial charge in [-0.25, -0.2) is 18.2 Å². The molecule has 6 rings (SSSR count). The van der Waals surface area contributed by atoms with Gasteiger partial charge in [-0.2, -0.15) is 4.31 Å². The number of carbonyl (C=O) groups is 2. The van der Waals surface area contributed by atoms with Gasteiger partial charge in [-0.3, -0.25) is 4.79 Å². The Balaban J connectivity index is 1.13. The fraction of sp³-hybridized carbons (Fsp3) is 0.216. The zero-order valence-corrected chi connectivity index (χ0v) is 27.7. The van der Waals surface area contributed by atoms with E-state index >= 15 is 0 Å². The molecule has 1 aliphatic rings. The van der Waals surface area contributed by atoms with Crippen LogP contribution >= 0.6 is 0 Å². The van der Waals surface area contributed by atoms with Gasteiger partial charge in [0, 0.05) is 50.8 Å². The summed E-state index contributed by atoms with van der Waals surface area (Å²) in [6, 6.07) is 31.6. The van der Waals surface area contributed by atoms with E-state index in [-0.39, 0.29) is 24.5 Å². The summed E-state index contributed by atoms with van der Waals surface area (Å²) in [6.07, 6.45) is 5.84. The third-order valence-corrected chi connectivity index (χ3v) is 10.2. The van der Waals surface area contributed by atoms with Crippen LogP contribution in [-0.2, 0) is 28.0 Å². The first-order valence-electron chi connectivity index (χ1n) is 16.1. The van der Waals surface area contributed by atoms with Crippen LogP contribution in [0.25, 0.3) is 11.1 Å². The van der Waals surface area contributed by atoms with Crippen LogP contribution in [-0.4, -0.2) is 71.3 Å². The lowest BCUT2D eigenvalue weighted by Crippen LogP contribution is -2.62. The van der Waals surface area contributed by atoms with Crippen LogP contribution in [0.15, 0.2) is 133 Å². The van der Waals surface area contributed by atoms with Gasteiger partial charge in [0.2, 0.25) is 15.9 Å². The summed E-state index contributed by atoms with van der Waals surface area (Å²) in [4.78, 5) is 32.6.